The molecule has 1 aromatic heterocycles. The summed E-state index contributed by atoms with van der Waals surface area (Å²) in [5, 5.41) is 1.16. The van der Waals surface area contributed by atoms with Crippen molar-refractivity contribution in [1.82, 2.24) is 4.98 Å². The van der Waals surface area contributed by atoms with E-state index in [1.807, 2.05) is 24.4 Å². The van der Waals surface area contributed by atoms with Crippen LogP contribution in [-0.4, -0.2) is 15.4 Å². The molecule has 2 nitrogen and oxygen atoms in total. The highest BCUT2D eigenvalue weighted by Gasteiger charge is 2.07. The summed E-state index contributed by atoms with van der Waals surface area (Å²) in [6, 6.07) is 7.91. The van der Waals surface area contributed by atoms with E-state index in [9.17, 15) is 4.21 Å². The predicted octanol–water partition coefficient (Wildman–Crippen LogP) is 3.10. The van der Waals surface area contributed by atoms with E-state index in [-0.39, 0.29) is 0 Å². The zero-order valence-electron chi connectivity index (χ0n) is 9.73. The van der Waals surface area contributed by atoms with Crippen LogP contribution in [0.5, 0.6) is 0 Å². The number of nitrogens with zero attached hydrogens (tertiary/aromatic N) is 1. The maximum absolute atomic E-state index is 11.4. The van der Waals surface area contributed by atoms with Crippen molar-refractivity contribution in [1.29, 1.82) is 0 Å². The van der Waals surface area contributed by atoms with E-state index in [1.54, 1.807) is 6.26 Å². The minimum Gasteiger partial charge on any atom is -0.256 e. The van der Waals surface area contributed by atoms with Crippen LogP contribution in [0.25, 0.3) is 10.9 Å². The number of fused-ring (bicyclic) bond motifs is 1. The lowest BCUT2D eigenvalue weighted by atomic mass is 9.99. The number of hydrogen-bond acceptors (Lipinski definition) is 2. The standard InChI is InChI=1S/C13H15NOS/c1-9(2)11-6-7-14-13-8-10(16(3)15)4-5-12(11)13/h4-9H,1-3H3. The highest BCUT2D eigenvalue weighted by molar-refractivity contribution is 7.84. The first-order valence-corrected chi connectivity index (χ1v) is 6.87. The van der Waals surface area contributed by atoms with Crippen molar-refractivity contribution in [3.8, 4) is 0 Å². The monoisotopic (exact) mass is 233 g/mol. The third-order valence-electron chi connectivity index (χ3n) is 2.70. The van der Waals surface area contributed by atoms with Crippen LogP contribution in [0.2, 0.25) is 0 Å². The number of pyridine rings is 1. The second-order valence-corrected chi connectivity index (χ2v) is 5.57. The van der Waals surface area contributed by atoms with Crippen molar-refractivity contribution in [3.05, 3.63) is 36.0 Å². The van der Waals surface area contributed by atoms with Crippen LogP contribution in [0.1, 0.15) is 25.3 Å². The first-order chi connectivity index (χ1) is 7.59. The predicted molar refractivity (Wildman–Crippen MR) is 68.2 cm³/mol. The van der Waals surface area contributed by atoms with Crippen molar-refractivity contribution < 1.29 is 4.21 Å². The lowest BCUT2D eigenvalue weighted by Gasteiger charge is -2.09. The maximum atomic E-state index is 11.4. The Kier molecular flexibility index (Phi) is 3.06. The summed E-state index contributed by atoms with van der Waals surface area (Å²) in [6.45, 7) is 4.33. The Bertz CT molecular complexity index is 549. The summed E-state index contributed by atoms with van der Waals surface area (Å²) in [7, 11) is -0.942. The van der Waals surface area contributed by atoms with E-state index >= 15 is 0 Å². The smallest absolute Gasteiger partial charge is 0.0716 e. The molecule has 0 aliphatic heterocycles. The molecule has 0 aliphatic rings. The van der Waals surface area contributed by atoms with Crippen molar-refractivity contribution >= 4 is 21.7 Å². The average Bonchev–Trinajstić information content (AvgIpc) is 2.27. The van der Waals surface area contributed by atoms with Crippen molar-refractivity contribution in [2.75, 3.05) is 6.26 Å². The van der Waals surface area contributed by atoms with Gasteiger partial charge in [-0.25, -0.2) is 0 Å². The lowest BCUT2D eigenvalue weighted by molar-refractivity contribution is 0.687. The molecule has 1 heterocycles. The topological polar surface area (TPSA) is 30.0 Å². The second-order valence-electron chi connectivity index (χ2n) is 4.19. The quantitative estimate of drug-likeness (QED) is 0.797. The van der Waals surface area contributed by atoms with Crippen molar-refractivity contribution in [3.63, 3.8) is 0 Å². The lowest BCUT2D eigenvalue weighted by Crippen LogP contribution is -1.93. The Balaban J connectivity index is 2.68. The molecular formula is C13H15NOS. The van der Waals surface area contributed by atoms with Crippen molar-refractivity contribution in [2.24, 2.45) is 0 Å². The molecule has 0 saturated carbocycles. The molecule has 0 N–H and O–H groups in total. The van der Waals surface area contributed by atoms with Gasteiger partial charge in [-0.3, -0.25) is 9.19 Å². The van der Waals surface area contributed by atoms with E-state index in [2.05, 4.69) is 24.9 Å². The van der Waals surface area contributed by atoms with Gasteiger partial charge in [0.15, 0.2) is 0 Å². The molecule has 16 heavy (non-hydrogen) atoms. The van der Waals surface area contributed by atoms with Crippen LogP contribution >= 0.6 is 0 Å². The Labute approximate surface area is 98.2 Å². The first-order valence-electron chi connectivity index (χ1n) is 5.31. The van der Waals surface area contributed by atoms with Gasteiger partial charge >= 0.3 is 0 Å². The summed E-state index contributed by atoms with van der Waals surface area (Å²) in [6.07, 6.45) is 3.51. The highest BCUT2D eigenvalue weighted by atomic mass is 32.2. The van der Waals surface area contributed by atoms with Crippen LogP contribution in [0.15, 0.2) is 35.4 Å². The molecule has 0 radical (unpaired) electrons. The zero-order chi connectivity index (χ0) is 11.7. The van der Waals surface area contributed by atoms with Crippen LogP contribution in [0.3, 0.4) is 0 Å². The average molecular weight is 233 g/mol. The molecular weight excluding hydrogens is 218 g/mol. The van der Waals surface area contributed by atoms with E-state index in [4.69, 9.17) is 0 Å². The largest absolute Gasteiger partial charge is 0.256 e. The fourth-order valence-corrected chi connectivity index (χ4v) is 2.37. The molecule has 0 amide bonds. The number of hydrogen-bond donors (Lipinski definition) is 0. The molecule has 2 aromatic rings. The van der Waals surface area contributed by atoms with E-state index < -0.39 is 10.8 Å². The third kappa shape index (κ3) is 2.00. The molecule has 1 atom stereocenters. The summed E-state index contributed by atoms with van der Waals surface area (Å²) in [5.41, 5.74) is 2.22. The molecule has 84 valence electrons. The number of rotatable bonds is 2. The highest BCUT2D eigenvalue weighted by Crippen LogP contribution is 2.25. The molecule has 1 aromatic carbocycles. The first kappa shape index (κ1) is 11.3. The van der Waals surface area contributed by atoms with Gasteiger partial charge < -0.3 is 0 Å². The number of aromatic nitrogens is 1. The van der Waals surface area contributed by atoms with Gasteiger partial charge in [-0.15, -0.1) is 0 Å². The van der Waals surface area contributed by atoms with Gasteiger partial charge in [0.05, 0.1) is 5.52 Å². The van der Waals surface area contributed by atoms with E-state index in [0.29, 0.717) is 5.92 Å². The van der Waals surface area contributed by atoms with Crippen LogP contribution in [0, 0.1) is 0 Å². The zero-order valence-corrected chi connectivity index (χ0v) is 10.5. The Morgan fingerprint density at radius 1 is 1.25 bits per heavy atom. The third-order valence-corrected chi connectivity index (χ3v) is 3.62. The molecule has 0 aliphatic carbocycles. The molecule has 1 unspecified atom stereocenters. The Morgan fingerprint density at radius 2 is 2.00 bits per heavy atom. The SMILES string of the molecule is CC(C)c1ccnc2cc(S(C)=O)ccc12. The van der Waals surface area contributed by atoms with Crippen LogP contribution in [-0.2, 0) is 10.8 Å². The molecule has 0 spiro atoms. The van der Waals surface area contributed by atoms with Crippen molar-refractivity contribution in [2.45, 2.75) is 24.7 Å². The molecule has 0 bridgehead atoms. The molecule has 3 heteroatoms. The van der Waals surface area contributed by atoms with Gasteiger partial charge in [0, 0.05) is 33.5 Å². The molecule has 0 saturated heterocycles. The van der Waals surface area contributed by atoms with Gasteiger partial charge in [0.1, 0.15) is 0 Å². The molecule has 2 rings (SSSR count). The van der Waals surface area contributed by atoms with E-state index in [1.165, 1.54) is 5.56 Å². The normalized spacial score (nSPS) is 13.2. The fourth-order valence-electron chi connectivity index (χ4n) is 1.83. The van der Waals surface area contributed by atoms with Gasteiger partial charge in [0.25, 0.3) is 0 Å². The fraction of sp³-hybridized carbons (Fsp3) is 0.308. The van der Waals surface area contributed by atoms with Gasteiger partial charge in [-0.1, -0.05) is 19.9 Å². The van der Waals surface area contributed by atoms with Crippen LogP contribution < -0.4 is 0 Å². The van der Waals surface area contributed by atoms with Crippen LogP contribution in [0.4, 0.5) is 0 Å². The summed E-state index contributed by atoms with van der Waals surface area (Å²) < 4.78 is 11.4. The minimum atomic E-state index is -0.942. The summed E-state index contributed by atoms with van der Waals surface area (Å²) in [4.78, 5) is 5.17. The van der Waals surface area contributed by atoms with Gasteiger partial charge in [-0.05, 0) is 29.7 Å². The Morgan fingerprint density at radius 3 is 2.62 bits per heavy atom. The van der Waals surface area contributed by atoms with E-state index in [0.717, 1.165) is 15.8 Å². The minimum absolute atomic E-state index is 0.475. The van der Waals surface area contributed by atoms with Gasteiger partial charge in [-0.2, -0.15) is 0 Å². The van der Waals surface area contributed by atoms with Gasteiger partial charge in [0.2, 0.25) is 0 Å². The summed E-state index contributed by atoms with van der Waals surface area (Å²) >= 11 is 0. The maximum Gasteiger partial charge on any atom is 0.0716 e. The Hall–Kier alpha value is -1.22. The number of benzene rings is 1. The second kappa shape index (κ2) is 4.34. The molecule has 0 fully saturated rings. The summed E-state index contributed by atoms with van der Waals surface area (Å²) in [5.74, 6) is 0.475.